The first-order valence-electron chi connectivity index (χ1n) is 6.34. The quantitative estimate of drug-likeness (QED) is 0.864. The summed E-state index contributed by atoms with van der Waals surface area (Å²) in [5.74, 6) is 0.182. The topological polar surface area (TPSA) is 32.3 Å². The summed E-state index contributed by atoms with van der Waals surface area (Å²) >= 11 is 0. The van der Waals surface area contributed by atoms with Crippen LogP contribution in [0.1, 0.15) is 37.4 Å². The zero-order valence-electron chi connectivity index (χ0n) is 10.8. The van der Waals surface area contributed by atoms with Gasteiger partial charge in [0.05, 0.1) is 0 Å². The van der Waals surface area contributed by atoms with E-state index in [2.05, 4.69) is 37.4 Å². The third kappa shape index (κ3) is 2.07. The second-order valence-corrected chi connectivity index (χ2v) is 4.53. The Morgan fingerprint density at radius 3 is 2.76 bits per heavy atom. The van der Waals surface area contributed by atoms with Crippen molar-refractivity contribution in [2.45, 2.75) is 33.2 Å². The molecule has 1 atom stereocenters. The van der Waals surface area contributed by atoms with Crippen molar-refractivity contribution < 1.29 is 4.79 Å². The molecule has 1 aliphatic rings. The number of carbonyl (C=O) groups excluding carboxylic acids is 1. The molecule has 17 heavy (non-hydrogen) atoms. The molecule has 3 nitrogen and oxygen atoms in total. The van der Waals surface area contributed by atoms with Gasteiger partial charge in [-0.15, -0.1) is 0 Å². The van der Waals surface area contributed by atoms with Crippen LogP contribution in [-0.4, -0.2) is 19.0 Å². The standard InChI is InChI=1S/C14H20N2O/c1-4-8-15-13-11-9-10(3)6-7-12(11)16(5-2)14(13)17/h6-7,9,13,15H,4-5,8H2,1-3H3. The van der Waals surface area contributed by atoms with E-state index in [-0.39, 0.29) is 11.9 Å². The van der Waals surface area contributed by atoms with Crippen molar-refractivity contribution in [2.75, 3.05) is 18.0 Å². The van der Waals surface area contributed by atoms with E-state index in [4.69, 9.17) is 0 Å². The second-order valence-electron chi connectivity index (χ2n) is 4.53. The number of benzene rings is 1. The Bertz CT molecular complexity index is 428. The van der Waals surface area contributed by atoms with Gasteiger partial charge in [-0.25, -0.2) is 0 Å². The third-order valence-electron chi connectivity index (χ3n) is 3.21. The predicted molar refractivity (Wildman–Crippen MR) is 70.2 cm³/mol. The van der Waals surface area contributed by atoms with E-state index in [0.29, 0.717) is 0 Å². The minimum atomic E-state index is -0.148. The highest BCUT2D eigenvalue weighted by Crippen LogP contribution is 2.36. The average molecular weight is 232 g/mol. The van der Waals surface area contributed by atoms with Gasteiger partial charge in [-0.1, -0.05) is 24.6 Å². The van der Waals surface area contributed by atoms with Crippen LogP contribution >= 0.6 is 0 Å². The van der Waals surface area contributed by atoms with Gasteiger partial charge in [-0.05, 0) is 32.9 Å². The number of anilines is 1. The summed E-state index contributed by atoms with van der Waals surface area (Å²) in [6, 6.07) is 6.09. The number of rotatable bonds is 4. The predicted octanol–water partition coefficient (Wildman–Crippen LogP) is 2.40. The molecule has 0 aromatic heterocycles. The number of fused-ring (bicyclic) bond motifs is 1. The summed E-state index contributed by atoms with van der Waals surface area (Å²) in [7, 11) is 0. The van der Waals surface area contributed by atoms with E-state index >= 15 is 0 Å². The van der Waals surface area contributed by atoms with Crippen LogP contribution < -0.4 is 10.2 Å². The van der Waals surface area contributed by atoms with Crippen LogP contribution in [0.3, 0.4) is 0 Å². The van der Waals surface area contributed by atoms with Crippen LogP contribution in [-0.2, 0) is 4.79 Å². The molecule has 1 unspecified atom stereocenters. The van der Waals surface area contributed by atoms with Gasteiger partial charge < -0.3 is 10.2 Å². The fourth-order valence-electron chi connectivity index (χ4n) is 2.37. The van der Waals surface area contributed by atoms with Gasteiger partial charge in [0.15, 0.2) is 0 Å². The fourth-order valence-corrected chi connectivity index (χ4v) is 2.37. The van der Waals surface area contributed by atoms with Crippen molar-refractivity contribution in [3.8, 4) is 0 Å². The van der Waals surface area contributed by atoms with Crippen molar-refractivity contribution in [3.63, 3.8) is 0 Å². The number of carbonyl (C=O) groups is 1. The Hall–Kier alpha value is -1.35. The highest BCUT2D eigenvalue weighted by atomic mass is 16.2. The first-order chi connectivity index (χ1) is 8.19. The lowest BCUT2D eigenvalue weighted by Gasteiger charge is -2.15. The van der Waals surface area contributed by atoms with Gasteiger partial charge in [-0.3, -0.25) is 4.79 Å². The summed E-state index contributed by atoms with van der Waals surface area (Å²) in [5, 5.41) is 3.34. The number of nitrogens with one attached hydrogen (secondary N) is 1. The van der Waals surface area contributed by atoms with Gasteiger partial charge in [-0.2, -0.15) is 0 Å². The maximum Gasteiger partial charge on any atom is 0.248 e. The molecular formula is C14H20N2O. The summed E-state index contributed by atoms with van der Waals surface area (Å²) in [6.45, 7) is 7.81. The van der Waals surface area contributed by atoms with Crippen LogP contribution in [0.15, 0.2) is 18.2 Å². The van der Waals surface area contributed by atoms with Gasteiger partial charge in [0.2, 0.25) is 5.91 Å². The molecule has 0 fully saturated rings. The van der Waals surface area contributed by atoms with Crippen molar-refractivity contribution in [1.82, 2.24) is 5.32 Å². The van der Waals surface area contributed by atoms with Crippen LogP contribution in [0.2, 0.25) is 0 Å². The van der Waals surface area contributed by atoms with E-state index in [9.17, 15) is 4.79 Å². The third-order valence-corrected chi connectivity index (χ3v) is 3.21. The monoisotopic (exact) mass is 232 g/mol. The number of hydrogen-bond donors (Lipinski definition) is 1. The first kappa shape index (κ1) is 12.1. The lowest BCUT2D eigenvalue weighted by Crippen LogP contribution is -2.34. The second kappa shape index (κ2) is 4.88. The number of hydrogen-bond acceptors (Lipinski definition) is 2. The maximum atomic E-state index is 12.3. The Kier molecular flexibility index (Phi) is 3.48. The average Bonchev–Trinajstić information content (AvgIpc) is 2.58. The molecule has 1 N–H and O–H groups in total. The number of aryl methyl sites for hydroxylation is 1. The maximum absolute atomic E-state index is 12.3. The minimum Gasteiger partial charge on any atom is -0.311 e. The van der Waals surface area contributed by atoms with Gasteiger partial charge >= 0.3 is 0 Å². The fraction of sp³-hybridized carbons (Fsp3) is 0.500. The first-order valence-corrected chi connectivity index (χ1v) is 6.34. The molecule has 0 spiro atoms. The molecule has 1 aliphatic heterocycles. The molecule has 92 valence electrons. The summed E-state index contributed by atoms with van der Waals surface area (Å²) in [5.41, 5.74) is 3.40. The molecule has 0 saturated heterocycles. The molecule has 2 rings (SSSR count). The lowest BCUT2D eigenvalue weighted by atomic mass is 10.1. The Morgan fingerprint density at radius 1 is 1.35 bits per heavy atom. The molecular weight excluding hydrogens is 212 g/mol. The number of nitrogens with zero attached hydrogens (tertiary/aromatic N) is 1. The van der Waals surface area contributed by atoms with Crippen molar-refractivity contribution in [2.24, 2.45) is 0 Å². The molecule has 0 radical (unpaired) electrons. The van der Waals surface area contributed by atoms with E-state index in [1.807, 2.05) is 11.8 Å². The minimum absolute atomic E-state index is 0.148. The Labute approximate surface area is 103 Å². The molecule has 1 heterocycles. The highest BCUT2D eigenvalue weighted by molar-refractivity contribution is 6.04. The van der Waals surface area contributed by atoms with Crippen molar-refractivity contribution >= 4 is 11.6 Å². The lowest BCUT2D eigenvalue weighted by molar-refractivity contribution is -0.119. The molecule has 1 aromatic carbocycles. The molecule has 1 aromatic rings. The van der Waals surface area contributed by atoms with Crippen LogP contribution in [0, 0.1) is 6.92 Å². The Balaban J connectivity index is 2.37. The largest absolute Gasteiger partial charge is 0.311 e. The Morgan fingerprint density at radius 2 is 2.12 bits per heavy atom. The number of likely N-dealkylation sites (N-methyl/N-ethyl adjacent to an activating group) is 1. The highest BCUT2D eigenvalue weighted by Gasteiger charge is 2.35. The van der Waals surface area contributed by atoms with E-state index in [1.165, 1.54) is 5.56 Å². The number of amides is 1. The van der Waals surface area contributed by atoms with Gasteiger partial charge in [0.1, 0.15) is 6.04 Å². The van der Waals surface area contributed by atoms with E-state index in [0.717, 1.165) is 30.8 Å². The van der Waals surface area contributed by atoms with E-state index in [1.54, 1.807) is 0 Å². The summed E-state index contributed by atoms with van der Waals surface area (Å²) < 4.78 is 0. The zero-order chi connectivity index (χ0) is 12.4. The zero-order valence-corrected chi connectivity index (χ0v) is 10.8. The molecule has 0 aliphatic carbocycles. The molecule has 0 bridgehead atoms. The molecule has 1 amide bonds. The normalized spacial score (nSPS) is 18.6. The molecule has 3 heteroatoms. The smallest absolute Gasteiger partial charge is 0.248 e. The van der Waals surface area contributed by atoms with Gasteiger partial charge in [0, 0.05) is 17.8 Å². The van der Waals surface area contributed by atoms with Crippen LogP contribution in [0.25, 0.3) is 0 Å². The van der Waals surface area contributed by atoms with E-state index < -0.39 is 0 Å². The van der Waals surface area contributed by atoms with Crippen LogP contribution in [0.4, 0.5) is 5.69 Å². The molecule has 0 saturated carbocycles. The van der Waals surface area contributed by atoms with Crippen molar-refractivity contribution in [1.29, 1.82) is 0 Å². The van der Waals surface area contributed by atoms with Crippen LogP contribution in [0.5, 0.6) is 0 Å². The summed E-state index contributed by atoms with van der Waals surface area (Å²) in [6.07, 6.45) is 1.04. The SMILES string of the molecule is CCCNC1C(=O)N(CC)c2ccc(C)cc21. The van der Waals surface area contributed by atoms with Crippen molar-refractivity contribution in [3.05, 3.63) is 29.3 Å². The summed E-state index contributed by atoms with van der Waals surface area (Å²) in [4.78, 5) is 14.1. The van der Waals surface area contributed by atoms with Gasteiger partial charge in [0.25, 0.3) is 0 Å².